The molecule has 0 aromatic heterocycles. The standard InChI is InChI=1S/C14H12BCl2F2NO/c1-8(20)21-15(9-2-4-11(16)13(18)6-9)10-3-5-12(17)14(19)7-10/h2-8H,20H2,1H3. The number of hydrogen-bond donors (Lipinski definition) is 1. The summed E-state index contributed by atoms with van der Waals surface area (Å²) < 4.78 is 32.8. The molecule has 110 valence electrons. The number of halogens is 4. The fourth-order valence-electron chi connectivity index (χ4n) is 1.92. The molecule has 7 heteroatoms. The minimum Gasteiger partial charge on any atom is -0.412 e. The second-order valence-corrected chi connectivity index (χ2v) is 5.38. The first-order valence-electron chi connectivity index (χ1n) is 6.19. The van der Waals surface area contributed by atoms with Crippen LogP contribution in [0.15, 0.2) is 36.4 Å². The lowest BCUT2D eigenvalue weighted by molar-refractivity contribution is 0.240. The van der Waals surface area contributed by atoms with Crippen LogP contribution in [0.5, 0.6) is 0 Å². The van der Waals surface area contributed by atoms with Gasteiger partial charge < -0.3 is 10.4 Å². The van der Waals surface area contributed by atoms with Crippen molar-refractivity contribution in [3.05, 3.63) is 58.1 Å². The van der Waals surface area contributed by atoms with E-state index in [0.717, 1.165) is 0 Å². The van der Waals surface area contributed by atoms with E-state index in [1.54, 1.807) is 19.1 Å². The predicted octanol–water partition coefficient (Wildman–Crippen LogP) is 2.70. The lowest BCUT2D eigenvalue weighted by Gasteiger charge is -2.18. The molecular formula is C14H12BCl2F2NO. The van der Waals surface area contributed by atoms with Gasteiger partial charge in [0.1, 0.15) is 11.6 Å². The smallest absolute Gasteiger partial charge is 0.363 e. The summed E-state index contributed by atoms with van der Waals surface area (Å²) >= 11 is 11.3. The molecule has 0 fully saturated rings. The topological polar surface area (TPSA) is 35.2 Å². The van der Waals surface area contributed by atoms with Crippen molar-refractivity contribution in [2.24, 2.45) is 5.73 Å². The van der Waals surface area contributed by atoms with Crippen LogP contribution in [0.3, 0.4) is 0 Å². The van der Waals surface area contributed by atoms with Crippen LogP contribution in [-0.2, 0) is 4.65 Å². The van der Waals surface area contributed by atoms with E-state index in [4.69, 9.17) is 33.6 Å². The molecule has 0 aliphatic carbocycles. The predicted molar refractivity (Wildman–Crippen MR) is 82.6 cm³/mol. The van der Waals surface area contributed by atoms with Crippen LogP contribution in [0.1, 0.15) is 6.92 Å². The Labute approximate surface area is 131 Å². The number of hydrogen-bond acceptors (Lipinski definition) is 2. The molecule has 2 rings (SSSR count). The molecule has 0 aliphatic heterocycles. The minimum absolute atomic E-state index is 0.000540. The number of nitrogens with two attached hydrogens (primary N) is 1. The Morgan fingerprint density at radius 1 is 1.00 bits per heavy atom. The summed E-state index contributed by atoms with van der Waals surface area (Å²) in [6, 6.07) is 8.51. The molecule has 1 atom stereocenters. The van der Waals surface area contributed by atoms with Gasteiger partial charge in [-0.3, -0.25) is 0 Å². The van der Waals surface area contributed by atoms with Gasteiger partial charge >= 0.3 is 6.92 Å². The van der Waals surface area contributed by atoms with Crippen molar-refractivity contribution in [2.75, 3.05) is 0 Å². The second kappa shape index (κ2) is 6.75. The summed E-state index contributed by atoms with van der Waals surface area (Å²) in [5, 5.41) is 0.00108. The lowest BCUT2D eigenvalue weighted by Crippen LogP contribution is -2.48. The zero-order valence-corrected chi connectivity index (χ0v) is 12.6. The van der Waals surface area contributed by atoms with Crippen LogP contribution in [0.4, 0.5) is 8.78 Å². The Balaban J connectivity index is 2.46. The van der Waals surface area contributed by atoms with Gasteiger partial charge in [-0.25, -0.2) is 8.78 Å². The molecule has 2 nitrogen and oxygen atoms in total. The van der Waals surface area contributed by atoms with Gasteiger partial charge in [-0.1, -0.05) is 35.3 Å². The highest BCUT2D eigenvalue weighted by Gasteiger charge is 2.25. The molecule has 0 aliphatic rings. The molecule has 0 radical (unpaired) electrons. The van der Waals surface area contributed by atoms with Crippen LogP contribution in [0, 0.1) is 11.6 Å². The summed E-state index contributed by atoms with van der Waals surface area (Å²) in [6.07, 6.45) is -0.618. The van der Waals surface area contributed by atoms with Crippen molar-refractivity contribution < 1.29 is 13.4 Å². The Morgan fingerprint density at radius 3 is 1.76 bits per heavy atom. The highest BCUT2D eigenvalue weighted by molar-refractivity contribution is 6.80. The lowest BCUT2D eigenvalue weighted by atomic mass is 9.55. The molecule has 2 aromatic rings. The molecule has 0 amide bonds. The summed E-state index contributed by atoms with van der Waals surface area (Å²) in [7, 11) is 0. The van der Waals surface area contributed by atoms with Gasteiger partial charge in [0, 0.05) is 0 Å². The van der Waals surface area contributed by atoms with Crippen molar-refractivity contribution in [2.45, 2.75) is 13.2 Å². The van der Waals surface area contributed by atoms with E-state index in [-0.39, 0.29) is 10.0 Å². The highest BCUT2D eigenvalue weighted by Crippen LogP contribution is 2.14. The van der Waals surface area contributed by atoms with E-state index < -0.39 is 24.8 Å². The van der Waals surface area contributed by atoms with E-state index in [0.29, 0.717) is 10.9 Å². The molecule has 1 unspecified atom stereocenters. The molecule has 2 aromatic carbocycles. The molecule has 2 N–H and O–H groups in total. The van der Waals surface area contributed by atoms with Gasteiger partial charge in [0.05, 0.1) is 16.3 Å². The third-order valence-electron chi connectivity index (χ3n) is 2.84. The second-order valence-electron chi connectivity index (χ2n) is 4.57. The summed E-state index contributed by atoms with van der Waals surface area (Å²) in [5.41, 5.74) is 6.61. The maximum absolute atomic E-state index is 13.6. The van der Waals surface area contributed by atoms with Crippen molar-refractivity contribution in [3.8, 4) is 0 Å². The summed E-state index contributed by atoms with van der Waals surface area (Å²) in [6.45, 7) is 0.912. The van der Waals surface area contributed by atoms with Gasteiger partial charge in [0.25, 0.3) is 0 Å². The van der Waals surface area contributed by atoms with Crippen molar-refractivity contribution in [1.82, 2.24) is 0 Å². The van der Waals surface area contributed by atoms with Gasteiger partial charge in [-0.05, 0) is 42.1 Å². The van der Waals surface area contributed by atoms with Crippen LogP contribution in [-0.4, -0.2) is 13.1 Å². The number of rotatable bonds is 4. The van der Waals surface area contributed by atoms with E-state index in [2.05, 4.69) is 0 Å². The van der Waals surface area contributed by atoms with Gasteiger partial charge in [0.2, 0.25) is 0 Å². The van der Waals surface area contributed by atoms with Crippen LogP contribution in [0.25, 0.3) is 0 Å². The molecule has 0 saturated carbocycles. The zero-order chi connectivity index (χ0) is 15.6. The normalized spacial score (nSPS) is 12.3. The van der Waals surface area contributed by atoms with Crippen LogP contribution >= 0.6 is 23.2 Å². The van der Waals surface area contributed by atoms with E-state index in [9.17, 15) is 8.78 Å². The number of benzene rings is 2. The summed E-state index contributed by atoms with van der Waals surface area (Å²) in [5.74, 6) is -1.16. The fourth-order valence-corrected chi connectivity index (χ4v) is 2.15. The molecule has 0 saturated heterocycles. The molecule has 0 bridgehead atoms. The Bertz CT molecular complexity index is 603. The average molecular weight is 330 g/mol. The van der Waals surface area contributed by atoms with E-state index >= 15 is 0 Å². The van der Waals surface area contributed by atoms with Gasteiger partial charge in [-0.15, -0.1) is 0 Å². The molecular weight excluding hydrogens is 318 g/mol. The first-order chi connectivity index (χ1) is 9.88. The van der Waals surface area contributed by atoms with E-state index in [1.807, 2.05) is 0 Å². The van der Waals surface area contributed by atoms with Crippen molar-refractivity contribution in [3.63, 3.8) is 0 Å². The highest BCUT2D eigenvalue weighted by atomic mass is 35.5. The minimum atomic E-state index is -0.719. The molecule has 0 heterocycles. The first-order valence-corrected chi connectivity index (χ1v) is 6.95. The third kappa shape index (κ3) is 3.95. The third-order valence-corrected chi connectivity index (χ3v) is 3.46. The average Bonchev–Trinajstić information content (AvgIpc) is 2.42. The molecule has 0 spiro atoms. The van der Waals surface area contributed by atoms with Crippen molar-refractivity contribution in [1.29, 1.82) is 0 Å². The van der Waals surface area contributed by atoms with Crippen LogP contribution < -0.4 is 16.7 Å². The fraction of sp³-hybridized carbons (Fsp3) is 0.143. The Hall–Kier alpha value is -1.14. The van der Waals surface area contributed by atoms with Crippen LogP contribution in [0.2, 0.25) is 10.0 Å². The summed E-state index contributed by atoms with van der Waals surface area (Å²) in [4.78, 5) is 0. The zero-order valence-electron chi connectivity index (χ0n) is 11.1. The first kappa shape index (κ1) is 16.2. The SMILES string of the molecule is CC(N)OB(c1ccc(Cl)c(F)c1)c1ccc(Cl)c(F)c1. The quantitative estimate of drug-likeness (QED) is 0.691. The van der Waals surface area contributed by atoms with E-state index in [1.165, 1.54) is 24.3 Å². The Kier molecular flexibility index (Phi) is 5.22. The monoisotopic (exact) mass is 329 g/mol. The maximum atomic E-state index is 13.6. The largest absolute Gasteiger partial charge is 0.412 e. The Morgan fingerprint density at radius 2 is 1.43 bits per heavy atom. The molecule has 21 heavy (non-hydrogen) atoms. The van der Waals surface area contributed by atoms with Gasteiger partial charge in [-0.2, -0.15) is 0 Å². The maximum Gasteiger partial charge on any atom is 0.363 e. The van der Waals surface area contributed by atoms with Crippen molar-refractivity contribution >= 4 is 41.0 Å². The van der Waals surface area contributed by atoms with Gasteiger partial charge in [0.15, 0.2) is 0 Å².